The van der Waals surface area contributed by atoms with Gasteiger partial charge >= 0.3 is 0 Å². The highest BCUT2D eigenvalue weighted by molar-refractivity contribution is 5.76. The fourth-order valence-corrected chi connectivity index (χ4v) is 1.88. The van der Waals surface area contributed by atoms with Gasteiger partial charge in [0, 0.05) is 30.4 Å². The summed E-state index contributed by atoms with van der Waals surface area (Å²) in [5, 5.41) is 6.01. The number of rotatable bonds is 10. The molecule has 1 aromatic carbocycles. The number of carbonyl (C=O) groups excluding carboxylic acids is 2. The molecule has 0 aliphatic heterocycles. The molecular formula is C19H24N2O2. The largest absolute Gasteiger partial charge is 0.356 e. The van der Waals surface area contributed by atoms with Gasteiger partial charge in [-0.15, -0.1) is 0 Å². The Morgan fingerprint density at radius 1 is 1.17 bits per heavy atom. The van der Waals surface area contributed by atoms with E-state index in [1.54, 1.807) is 12.3 Å². The quantitative estimate of drug-likeness (QED) is 0.391. The third kappa shape index (κ3) is 9.09. The Labute approximate surface area is 138 Å². The summed E-state index contributed by atoms with van der Waals surface area (Å²) in [4.78, 5) is 21.7. The number of anilines is 1. The van der Waals surface area contributed by atoms with Crippen molar-refractivity contribution in [1.29, 1.82) is 0 Å². The van der Waals surface area contributed by atoms with E-state index in [4.69, 9.17) is 0 Å². The maximum Gasteiger partial charge on any atom is 0.223 e. The van der Waals surface area contributed by atoms with Crippen molar-refractivity contribution >= 4 is 17.9 Å². The molecule has 2 N–H and O–H groups in total. The molecule has 0 bridgehead atoms. The fraction of sp³-hybridized carbons (Fsp3) is 0.263. The van der Waals surface area contributed by atoms with Crippen LogP contribution in [0.4, 0.5) is 5.69 Å². The van der Waals surface area contributed by atoms with Crippen molar-refractivity contribution in [3.8, 4) is 0 Å². The zero-order valence-electron chi connectivity index (χ0n) is 13.5. The van der Waals surface area contributed by atoms with Gasteiger partial charge in [0.15, 0.2) is 0 Å². The highest BCUT2D eigenvalue weighted by Crippen LogP contribution is 2.10. The molecule has 0 spiro atoms. The monoisotopic (exact) mass is 312 g/mol. The zero-order chi connectivity index (χ0) is 16.8. The van der Waals surface area contributed by atoms with Gasteiger partial charge in [0.25, 0.3) is 0 Å². The van der Waals surface area contributed by atoms with Crippen LogP contribution in [0.15, 0.2) is 66.5 Å². The second kappa shape index (κ2) is 12.0. The first-order valence-corrected chi connectivity index (χ1v) is 7.81. The van der Waals surface area contributed by atoms with Crippen molar-refractivity contribution in [3.05, 3.63) is 66.5 Å². The van der Waals surface area contributed by atoms with Crippen molar-refractivity contribution in [2.24, 2.45) is 0 Å². The van der Waals surface area contributed by atoms with Gasteiger partial charge in [-0.2, -0.15) is 0 Å². The highest BCUT2D eigenvalue weighted by atomic mass is 16.1. The number of hydrogen-bond acceptors (Lipinski definition) is 3. The van der Waals surface area contributed by atoms with Gasteiger partial charge < -0.3 is 15.4 Å². The van der Waals surface area contributed by atoms with Gasteiger partial charge in [0.05, 0.1) is 0 Å². The summed E-state index contributed by atoms with van der Waals surface area (Å²) in [5.74, 6) is -0.0378. The van der Waals surface area contributed by atoms with Crippen molar-refractivity contribution in [1.82, 2.24) is 5.32 Å². The zero-order valence-corrected chi connectivity index (χ0v) is 13.5. The van der Waals surface area contributed by atoms with Crippen LogP contribution in [0.2, 0.25) is 0 Å². The lowest BCUT2D eigenvalue weighted by molar-refractivity contribution is -0.120. The third-order valence-electron chi connectivity index (χ3n) is 3.00. The smallest absolute Gasteiger partial charge is 0.223 e. The Morgan fingerprint density at radius 3 is 2.65 bits per heavy atom. The average molecular weight is 312 g/mol. The minimum atomic E-state index is -0.0378. The van der Waals surface area contributed by atoms with E-state index in [2.05, 4.69) is 10.6 Å². The standard InChI is InChI=1S/C19H24N2O2/c1-2-10-17(21-18-11-5-3-6-12-18)13-9-15-20-19(23)14-7-4-8-16-22/h2-3,5-6,9-13,15-16,21H,4,7-8,14H2,1H3,(H,20,23)/b10-2-,15-9+,17-13+. The van der Waals surface area contributed by atoms with Crippen molar-refractivity contribution in [2.75, 3.05) is 5.32 Å². The first kappa shape index (κ1) is 18.4. The number of amides is 1. The van der Waals surface area contributed by atoms with E-state index < -0.39 is 0 Å². The number of allylic oxidation sites excluding steroid dienone is 4. The number of para-hydroxylation sites is 1. The third-order valence-corrected chi connectivity index (χ3v) is 3.00. The molecule has 1 aromatic rings. The number of hydrogen-bond donors (Lipinski definition) is 2. The molecule has 0 aliphatic rings. The Hall–Kier alpha value is -2.62. The van der Waals surface area contributed by atoms with Crippen LogP contribution in [0.1, 0.15) is 32.6 Å². The average Bonchev–Trinajstić information content (AvgIpc) is 2.56. The van der Waals surface area contributed by atoms with Crippen LogP contribution in [0.25, 0.3) is 0 Å². The maximum absolute atomic E-state index is 11.6. The SMILES string of the molecule is C\C=C/C(=C\C=C\NC(=O)CCCCC=O)Nc1ccccc1. The molecule has 23 heavy (non-hydrogen) atoms. The Morgan fingerprint density at radius 2 is 1.96 bits per heavy atom. The Kier molecular flexibility index (Phi) is 9.60. The van der Waals surface area contributed by atoms with Crippen LogP contribution in [-0.2, 0) is 9.59 Å². The summed E-state index contributed by atoms with van der Waals surface area (Å²) >= 11 is 0. The lowest BCUT2D eigenvalue weighted by Gasteiger charge is -2.06. The molecule has 0 saturated heterocycles. The molecule has 0 radical (unpaired) electrons. The summed E-state index contributed by atoms with van der Waals surface area (Å²) in [6.07, 6.45) is 12.5. The van der Waals surface area contributed by atoms with Crippen LogP contribution in [-0.4, -0.2) is 12.2 Å². The van der Waals surface area contributed by atoms with Gasteiger partial charge in [0.2, 0.25) is 5.91 Å². The number of nitrogens with one attached hydrogen (secondary N) is 2. The molecule has 4 heteroatoms. The molecule has 1 amide bonds. The number of unbranched alkanes of at least 4 members (excludes halogenated alkanes) is 2. The lowest BCUT2D eigenvalue weighted by Crippen LogP contribution is -2.16. The molecule has 1 rings (SSSR count). The molecule has 0 saturated carbocycles. The number of benzene rings is 1. The first-order chi connectivity index (χ1) is 11.3. The predicted molar refractivity (Wildman–Crippen MR) is 94.8 cm³/mol. The number of carbonyl (C=O) groups is 2. The van der Waals surface area contributed by atoms with Crippen LogP contribution in [0.5, 0.6) is 0 Å². The molecule has 0 unspecified atom stereocenters. The molecule has 0 aliphatic carbocycles. The molecule has 0 aromatic heterocycles. The molecule has 4 nitrogen and oxygen atoms in total. The van der Waals surface area contributed by atoms with Crippen molar-refractivity contribution in [3.63, 3.8) is 0 Å². The predicted octanol–water partition coefficient (Wildman–Crippen LogP) is 3.95. The van der Waals surface area contributed by atoms with Crippen LogP contribution < -0.4 is 10.6 Å². The summed E-state index contributed by atoms with van der Waals surface area (Å²) in [6, 6.07) is 9.88. The maximum atomic E-state index is 11.6. The van der Waals surface area contributed by atoms with E-state index in [1.165, 1.54) is 0 Å². The van der Waals surface area contributed by atoms with Crippen LogP contribution >= 0.6 is 0 Å². The minimum Gasteiger partial charge on any atom is -0.356 e. The molecular weight excluding hydrogens is 288 g/mol. The van der Waals surface area contributed by atoms with Gasteiger partial charge in [-0.05, 0) is 50.1 Å². The molecule has 122 valence electrons. The lowest BCUT2D eigenvalue weighted by atomic mass is 10.2. The Bertz CT molecular complexity index is 560. The molecule has 0 heterocycles. The van der Waals surface area contributed by atoms with Gasteiger partial charge in [0.1, 0.15) is 6.29 Å². The van der Waals surface area contributed by atoms with Crippen molar-refractivity contribution in [2.45, 2.75) is 32.6 Å². The summed E-state index contributed by atoms with van der Waals surface area (Å²) in [5.41, 5.74) is 1.93. The minimum absolute atomic E-state index is 0.0378. The summed E-state index contributed by atoms with van der Waals surface area (Å²) in [7, 11) is 0. The van der Waals surface area contributed by atoms with E-state index in [0.717, 1.165) is 30.5 Å². The second-order valence-corrected chi connectivity index (χ2v) is 4.95. The molecule has 0 atom stereocenters. The van der Waals surface area contributed by atoms with E-state index in [0.29, 0.717) is 12.8 Å². The molecule has 0 fully saturated rings. The number of aldehydes is 1. The van der Waals surface area contributed by atoms with Crippen LogP contribution in [0.3, 0.4) is 0 Å². The van der Waals surface area contributed by atoms with Gasteiger partial charge in [-0.1, -0.05) is 24.3 Å². The van der Waals surface area contributed by atoms with Gasteiger partial charge in [-0.3, -0.25) is 4.79 Å². The fourth-order valence-electron chi connectivity index (χ4n) is 1.88. The second-order valence-electron chi connectivity index (χ2n) is 4.95. The Balaban J connectivity index is 2.44. The van der Waals surface area contributed by atoms with Crippen LogP contribution in [0, 0.1) is 0 Å². The van der Waals surface area contributed by atoms with Crippen molar-refractivity contribution < 1.29 is 9.59 Å². The van der Waals surface area contributed by atoms with E-state index in [-0.39, 0.29) is 5.91 Å². The first-order valence-electron chi connectivity index (χ1n) is 7.81. The topological polar surface area (TPSA) is 58.2 Å². The van der Waals surface area contributed by atoms with E-state index in [1.807, 2.05) is 55.5 Å². The van der Waals surface area contributed by atoms with E-state index >= 15 is 0 Å². The highest BCUT2D eigenvalue weighted by Gasteiger charge is 1.97. The van der Waals surface area contributed by atoms with E-state index in [9.17, 15) is 9.59 Å². The summed E-state index contributed by atoms with van der Waals surface area (Å²) in [6.45, 7) is 1.95. The normalized spacial score (nSPS) is 11.8. The summed E-state index contributed by atoms with van der Waals surface area (Å²) < 4.78 is 0. The van der Waals surface area contributed by atoms with Gasteiger partial charge in [-0.25, -0.2) is 0 Å².